The summed E-state index contributed by atoms with van der Waals surface area (Å²) >= 11 is 0. The van der Waals surface area contributed by atoms with Crippen LogP contribution in [-0.2, 0) is 9.53 Å². The van der Waals surface area contributed by atoms with Crippen molar-refractivity contribution in [1.82, 2.24) is 0 Å². The molecule has 0 saturated carbocycles. The van der Waals surface area contributed by atoms with Gasteiger partial charge in [0, 0.05) is 0 Å². The molecule has 4 heteroatoms. The molecule has 1 aromatic carbocycles. The van der Waals surface area contributed by atoms with Crippen molar-refractivity contribution in [3.8, 4) is 11.5 Å². The number of hydrogen-bond acceptors (Lipinski definition) is 4. The Balaban J connectivity index is 2.53. The van der Waals surface area contributed by atoms with Gasteiger partial charge in [-0.1, -0.05) is 0 Å². The van der Waals surface area contributed by atoms with Crippen molar-refractivity contribution < 1.29 is 19.0 Å². The molecule has 0 radical (unpaired) electrons. The minimum atomic E-state index is -0.604. The van der Waals surface area contributed by atoms with E-state index in [2.05, 4.69) is 0 Å². The molecule has 0 amide bonds. The lowest BCUT2D eigenvalue weighted by Gasteiger charge is -2.13. The average molecular weight is 238 g/mol. The van der Waals surface area contributed by atoms with Crippen molar-refractivity contribution in [1.29, 1.82) is 0 Å². The summed E-state index contributed by atoms with van der Waals surface area (Å²) in [6, 6.07) is 7.13. The van der Waals surface area contributed by atoms with E-state index in [1.165, 1.54) is 0 Å². The van der Waals surface area contributed by atoms with E-state index >= 15 is 0 Å². The maximum absolute atomic E-state index is 11.3. The van der Waals surface area contributed by atoms with E-state index in [1.807, 2.05) is 6.92 Å². The van der Waals surface area contributed by atoms with Crippen LogP contribution in [0.15, 0.2) is 24.3 Å². The van der Waals surface area contributed by atoms with Crippen LogP contribution in [-0.4, -0.2) is 25.3 Å². The van der Waals surface area contributed by atoms with Crippen LogP contribution in [0.2, 0.25) is 0 Å². The number of rotatable bonds is 6. The summed E-state index contributed by atoms with van der Waals surface area (Å²) in [5, 5.41) is 0. The molecule has 1 rings (SSSR count). The Hall–Kier alpha value is -1.71. The summed E-state index contributed by atoms with van der Waals surface area (Å²) in [6.07, 6.45) is -0.604. The van der Waals surface area contributed by atoms with Crippen molar-refractivity contribution in [2.75, 3.05) is 13.2 Å². The third-order valence-electron chi connectivity index (χ3n) is 2.07. The first-order chi connectivity index (χ1) is 8.17. The zero-order valence-corrected chi connectivity index (χ0v) is 10.4. The van der Waals surface area contributed by atoms with Crippen molar-refractivity contribution >= 4 is 5.97 Å². The highest BCUT2D eigenvalue weighted by molar-refractivity contribution is 5.74. The van der Waals surface area contributed by atoms with Crippen molar-refractivity contribution in [3.63, 3.8) is 0 Å². The molecule has 0 aliphatic carbocycles. The van der Waals surface area contributed by atoms with Gasteiger partial charge in [-0.05, 0) is 45.0 Å². The molecule has 17 heavy (non-hydrogen) atoms. The molecule has 0 aromatic heterocycles. The predicted octanol–water partition coefficient (Wildman–Crippen LogP) is 2.42. The Morgan fingerprint density at radius 1 is 1.12 bits per heavy atom. The molecule has 0 aliphatic rings. The molecule has 1 aromatic rings. The second-order valence-electron chi connectivity index (χ2n) is 3.42. The monoisotopic (exact) mass is 238 g/mol. The molecule has 0 fully saturated rings. The highest BCUT2D eigenvalue weighted by Crippen LogP contribution is 2.18. The molecule has 0 N–H and O–H groups in total. The van der Waals surface area contributed by atoms with Gasteiger partial charge in [0.15, 0.2) is 6.10 Å². The largest absolute Gasteiger partial charge is 0.494 e. The van der Waals surface area contributed by atoms with Gasteiger partial charge in [0.05, 0.1) is 13.2 Å². The molecule has 0 aliphatic heterocycles. The zero-order chi connectivity index (χ0) is 12.7. The summed E-state index contributed by atoms with van der Waals surface area (Å²) in [6.45, 7) is 6.33. The molecule has 0 heterocycles. The summed E-state index contributed by atoms with van der Waals surface area (Å²) in [7, 11) is 0. The predicted molar refractivity (Wildman–Crippen MR) is 64.3 cm³/mol. The van der Waals surface area contributed by atoms with Gasteiger partial charge >= 0.3 is 5.97 Å². The number of hydrogen-bond donors (Lipinski definition) is 0. The van der Waals surface area contributed by atoms with Gasteiger partial charge in [-0.3, -0.25) is 0 Å². The van der Waals surface area contributed by atoms with Crippen LogP contribution in [0.25, 0.3) is 0 Å². The Morgan fingerprint density at radius 2 is 1.71 bits per heavy atom. The molecule has 0 saturated heterocycles. The fourth-order valence-corrected chi connectivity index (χ4v) is 1.29. The van der Waals surface area contributed by atoms with Crippen molar-refractivity contribution in [2.24, 2.45) is 0 Å². The minimum absolute atomic E-state index is 0.357. The van der Waals surface area contributed by atoms with E-state index in [9.17, 15) is 4.79 Å². The first kappa shape index (κ1) is 13.4. The van der Waals surface area contributed by atoms with Crippen LogP contribution in [0.4, 0.5) is 0 Å². The lowest BCUT2D eigenvalue weighted by Crippen LogP contribution is -2.25. The second kappa shape index (κ2) is 6.78. The van der Waals surface area contributed by atoms with Crippen molar-refractivity contribution in [3.05, 3.63) is 24.3 Å². The molecular weight excluding hydrogens is 220 g/mol. The molecule has 0 bridgehead atoms. The van der Waals surface area contributed by atoms with E-state index in [0.29, 0.717) is 19.0 Å². The fraction of sp³-hybridized carbons (Fsp3) is 0.462. The summed E-state index contributed by atoms with van der Waals surface area (Å²) in [5.74, 6) is 1.04. The lowest BCUT2D eigenvalue weighted by molar-refractivity contribution is -0.150. The summed E-state index contributed by atoms with van der Waals surface area (Å²) in [5.41, 5.74) is 0. The zero-order valence-electron chi connectivity index (χ0n) is 10.4. The maximum Gasteiger partial charge on any atom is 0.347 e. The number of carbonyl (C=O) groups excluding carboxylic acids is 1. The number of carbonyl (C=O) groups is 1. The first-order valence-corrected chi connectivity index (χ1v) is 5.73. The number of esters is 1. The Labute approximate surface area is 101 Å². The van der Waals surface area contributed by atoms with Crippen molar-refractivity contribution in [2.45, 2.75) is 26.9 Å². The second-order valence-corrected chi connectivity index (χ2v) is 3.42. The molecule has 0 spiro atoms. The lowest BCUT2D eigenvalue weighted by atomic mass is 10.3. The van der Waals surface area contributed by atoms with Crippen LogP contribution in [0.5, 0.6) is 11.5 Å². The third-order valence-corrected chi connectivity index (χ3v) is 2.07. The van der Waals surface area contributed by atoms with Crippen LogP contribution in [0.3, 0.4) is 0 Å². The van der Waals surface area contributed by atoms with E-state index in [-0.39, 0.29) is 5.97 Å². The minimum Gasteiger partial charge on any atom is -0.494 e. The molecule has 94 valence electrons. The SMILES string of the molecule is CCOC(=O)C(C)Oc1ccc(OCC)cc1. The van der Waals surface area contributed by atoms with Gasteiger partial charge in [-0.15, -0.1) is 0 Å². The topological polar surface area (TPSA) is 44.8 Å². The normalized spacial score (nSPS) is 11.7. The van der Waals surface area contributed by atoms with E-state index in [0.717, 1.165) is 5.75 Å². The first-order valence-electron chi connectivity index (χ1n) is 5.73. The van der Waals surface area contributed by atoms with E-state index < -0.39 is 6.10 Å². The van der Waals surface area contributed by atoms with Crippen LogP contribution in [0.1, 0.15) is 20.8 Å². The van der Waals surface area contributed by atoms with Gasteiger partial charge in [0.1, 0.15) is 11.5 Å². The summed E-state index contributed by atoms with van der Waals surface area (Å²) < 4.78 is 15.6. The summed E-state index contributed by atoms with van der Waals surface area (Å²) in [4.78, 5) is 11.3. The van der Waals surface area contributed by atoms with Gasteiger partial charge < -0.3 is 14.2 Å². The van der Waals surface area contributed by atoms with Gasteiger partial charge in [0.2, 0.25) is 0 Å². The highest BCUT2D eigenvalue weighted by atomic mass is 16.6. The molecular formula is C13H18O4. The average Bonchev–Trinajstić information content (AvgIpc) is 2.32. The highest BCUT2D eigenvalue weighted by Gasteiger charge is 2.15. The maximum atomic E-state index is 11.3. The quantitative estimate of drug-likeness (QED) is 0.714. The van der Waals surface area contributed by atoms with E-state index in [1.54, 1.807) is 38.1 Å². The fourth-order valence-electron chi connectivity index (χ4n) is 1.29. The Bertz CT molecular complexity index is 345. The smallest absolute Gasteiger partial charge is 0.347 e. The van der Waals surface area contributed by atoms with Crippen LogP contribution < -0.4 is 9.47 Å². The van der Waals surface area contributed by atoms with Gasteiger partial charge in [-0.25, -0.2) is 4.79 Å². The number of benzene rings is 1. The Morgan fingerprint density at radius 3 is 2.24 bits per heavy atom. The van der Waals surface area contributed by atoms with Crippen LogP contribution in [0, 0.1) is 0 Å². The standard InChI is InChI=1S/C13H18O4/c1-4-15-11-6-8-12(9-7-11)17-10(3)13(14)16-5-2/h6-10H,4-5H2,1-3H3. The molecule has 1 unspecified atom stereocenters. The Kier molecular flexibility index (Phi) is 5.33. The third kappa shape index (κ3) is 4.34. The van der Waals surface area contributed by atoms with Gasteiger partial charge in [0.25, 0.3) is 0 Å². The number of ether oxygens (including phenoxy) is 3. The van der Waals surface area contributed by atoms with Gasteiger partial charge in [-0.2, -0.15) is 0 Å². The molecule has 1 atom stereocenters. The molecule has 4 nitrogen and oxygen atoms in total. The van der Waals surface area contributed by atoms with Crippen LogP contribution >= 0.6 is 0 Å². The van der Waals surface area contributed by atoms with E-state index in [4.69, 9.17) is 14.2 Å².